The predicted octanol–water partition coefficient (Wildman–Crippen LogP) is 3.82. The Balaban J connectivity index is 1.74. The summed E-state index contributed by atoms with van der Waals surface area (Å²) < 4.78 is 0. The molecule has 0 radical (unpaired) electrons. The molecule has 1 N–H and O–H groups in total. The van der Waals surface area contributed by atoms with Crippen LogP contribution in [0.5, 0.6) is 0 Å². The number of pyridine rings is 2. The van der Waals surface area contributed by atoms with E-state index in [0.717, 1.165) is 40.8 Å². The molecule has 2 aromatic heterocycles. The normalized spacial score (nSPS) is 17.1. The summed E-state index contributed by atoms with van der Waals surface area (Å²) in [4.78, 5) is 23.0. The van der Waals surface area contributed by atoms with Gasteiger partial charge in [-0.25, -0.2) is 0 Å². The molecule has 1 saturated heterocycles. The van der Waals surface area contributed by atoms with E-state index in [1.54, 1.807) is 0 Å². The lowest BCUT2D eigenvalue weighted by Gasteiger charge is -2.37. The Bertz CT molecular complexity index is 964. The summed E-state index contributed by atoms with van der Waals surface area (Å²) in [6, 6.07) is 14.3. The van der Waals surface area contributed by atoms with Gasteiger partial charge in [-0.2, -0.15) is 0 Å². The Morgan fingerprint density at radius 1 is 1.15 bits per heavy atom. The van der Waals surface area contributed by atoms with Crippen molar-refractivity contribution in [1.29, 1.82) is 0 Å². The maximum absolute atomic E-state index is 11.3. The number of carbonyl (C=O) groups is 1. The van der Waals surface area contributed by atoms with Gasteiger partial charge in [0.2, 0.25) is 0 Å². The molecule has 27 heavy (non-hydrogen) atoms. The highest BCUT2D eigenvalue weighted by Gasteiger charge is 2.31. The summed E-state index contributed by atoms with van der Waals surface area (Å²) in [6.45, 7) is 3.56. The topological polar surface area (TPSA) is 66.3 Å². The molecular formula is C22H23N3O2. The number of aryl methyl sites for hydroxylation is 1. The van der Waals surface area contributed by atoms with Crippen molar-refractivity contribution in [2.45, 2.75) is 25.8 Å². The van der Waals surface area contributed by atoms with Gasteiger partial charge in [-0.1, -0.05) is 24.3 Å². The third kappa shape index (κ3) is 3.55. The zero-order valence-electron chi connectivity index (χ0n) is 15.4. The number of carboxylic acids is 1. The summed E-state index contributed by atoms with van der Waals surface area (Å²) in [5.74, 6) is -0.936. The van der Waals surface area contributed by atoms with Gasteiger partial charge in [0.05, 0.1) is 23.2 Å². The number of aromatic nitrogens is 2. The zero-order valence-corrected chi connectivity index (χ0v) is 15.4. The van der Waals surface area contributed by atoms with Crippen molar-refractivity contribution in [1.82, 2.24) is 14.9 Å². The molecule has 0 aliphatic carbocycles. The van der Waals surface area contributed by atoms with Crippen molar-refractivity contribution in [3.05, 3.63) is 71.7 Å². The van der Waals surface area contributed by atoms with Crippen LogP contribution in [0.2, 0.25) is 0 Å². The molecule has 1 aliphatic heterocycles. The van der Waals surface area contributed by atoms with E-state index < -0.39 is 5.97 Å². The number of nitrogens with zero attached hydrogens (tertiary/aromatic N) is 3. The molecule has 1 aliphatic rings. The van der Waals surface area contributed by atoms with E-state index in [-0.39, 0.29) is 12.0 Å². The molecule has 138 valence electrons. The largest absolute Gasteiger partial charge is 0.481 e. The lowest BCUT2D eigenvalue weighted by Crippen LogP contribution is -2.39. The third-order valence-electron chi connectivity index (χ3n) is 5.48. The fourth-order valence-corrected chi connectivity index (χ4v) is 3.97. The first-order valence-corrected chi connectivity index (χ1v) is 9.36. The van der Waals surface area contributed by atoms with E-state index in [0.29, 0.717) is 12.8 Å². The van der Waals surface area contributed by atoms with Crippen molar-refractivity contribution >= 4 is 16.9 Å². The van der Waals surface area contributed by atoms with E-state index in [4.69, 9.17) is 0 Å². The highest BCUT2D eigenvalue weighted by Crippen LogP contribution is 2.33. The lowest BCUT2D eigenvalue weighted by atomic mass is 9.92. The summed E-state index contributed by atoms with van der Waals surface area (Å²) >= 11 is 0. The van der Waals surface area contributed by atoms with Crippen molar-refractivity contribution < 1.29 is 9.90 Å². The van der Waals surface area contributed by atoms with Crippen LogP contribution < -0.4 is 0 Å². The monoisotopic (exact) mass is 361 g/mol. The van der Waals surface area contributed by atoms with Crippen LogP contribution in [0.3, 0.4) is 0 Å². The van der Waals surface area contributed by atoms with E-state index in [1.165, 1.54) is 0 Å². The van der Waals surface area contributed by atoms with E-state index >= 15 is 0 Å². The Hall–Kier alpha value is -2.79. The van der Waals surface area contributed by atoms with Gasteiger partial charge < -0.3 is 5.11 Å². The minimum absolute atomic E-state index is 0.0157. The molecule has 0 spiro atoms. The van der Waals surface area contributed by atoms with E-state index in [1.807, 2.05) is 36.7 Å². The van der Waals surface area contributed by atoms with Crippen LogP contribution in [0.25, 0.3) is 10.9 Å². The summed E-state index contributed by atoms with van der Waals surface area (Å²) in [5, 5.41) is 10.4. The van der Waals surface area contributed by atoms with Crippen LogP contribution in [0.1, 0.15) is 35.7 Å². The number of rotatable bonds is 4. The van der Waals surface area contributed by atoms with Gasteiger partial charge in [0.15, 0.2) is 0 Å². The summed E-state index contributed by atoms with van der Waals surface area (Å²) in [5.41, 5.74) is 4.23. The maximum Gasteiger partial charge on any atom is 0.306 e. The molecule has 3 aromatic rings. The zero-order chi connectivity index (χ0) is 18.8. The van der Waals surface area contributed by atoms with Crippen molar-refractivity contribution in [3.8, 4) is 0 Å². The van der Waals surface area contributed by atoms with Gasteiger partial charge in [0.1, 0.15) is 0 Å². The molecular weight excluding hydrogens is 338 g/mol. The summed E-state index contributed by atoms with van der Waals surface area (Å²) in [7, 11) is 0. The molecule has 0 bridgehead atoms. The quantitative estimate of drug-likeness (QED) is 0.765. The van der Waals surface area contributed by atoms with Crippen LogP contribution in [-0.2, 0) is 4.79 Å². The van der Waals surface area contributed by atoms with Crippen molar-refractivity contribution in [2.75, 3.05) is 13.1 Å². The smallest absolute Gasteiger partial charge is 0.306 e. The number of hydrogen-bond donors (Lipinski definition) is 1. The first kappa shape index (κ1) is 17.6. The second-order valence-electron chi connectivity index (χ2n) is 7.22. The van der Waals surface area contributed by atoms with E-state index in [9.17, 15) is 9.90 Å². The third-order valence-corrected chi connectivity index (χ3v) is 5.48. The molecule has 1 aromatic carbocycles. The summed E-state index contributed by atoms with van der Waals surface area (Å²) in [6.07, 6.45) is 5.09. The van der Waals surface area contributed by atoms with Crippen LogP contribution in [-0.4, -0.2) is 39.0 Å². The van der Waals surface area contributed by atoms with Crippen LogP contribution in [0, 0.1) is 12.8 Å². The van der Waals surface area contributed by atoms with E-state index in [2.05, 4.69) is 40.0 Å². The molecule has 5 heteroatoms. The maximum atomic E-state index is 11.3. The Kier molecular flexibility index (Phi) is 4.86. The molecule has 0 amide bonds. The number of para-hydroxylation sites is 1. The van der Waals surface area contributed by atoms with Gasteiger partial charge in [0, 0.05) is 17.8 Å². The first-order valence-electron chi connectivity index (χ1n) is 9.36. The number of benzene rings is 1. The first-order chi connectivity index (χ1) is 13.1. The Morgan fingerprint density at radius 3 is 2.67 bits per heavy atom. The Morgan fingerprint density at radius 2 is 1.93 bits per heavy atom. The number of piperidine rings is 1. The minimum atomic E-state index is -0.687. The minimum Gasteiger partial charge on any atom is -0.481 e. The van der Waals surface area contributed by atoms with Crippen molar-refractivity contribution in [3.63, 3.8) is 0 Å². The fraction of sp³-hybridized carbons (Fsp3) is 0.318. The molecule has 3 heterocycles. The molecule has 4 rings (SSSR count). The molecule has 1 atom stereocenters. The van der Waals surface area contributed by atoms with Gasteiger partial charge in [-0.3, -0.25) is 19.7 Å². The van der Waals surface area contributed by atoms with Gasteiger partial charge >= 0.3 is 5.97 Å². The van der Waals surface area contributed by atoms with Gasteiger partial charge in [-0.05, 0) is 62.2 Å². The highest BCUT2D eigenvalue weighted by molar-refractivity contribution is 5.79. The molecule has 1 unspecified atom stereocenters. The SMILES string of the molecule is Cc1cccnc1C(c1cnc2ccccc2c1)N1CCC(C(=O)O)CC1. The molecule has 5 nitrogen and oxygen atoms in total. The lowest BCUT2D eigenvalue weighted by molar-refractivity contribution is -0.143. The Labute approximate surface area is 158 Å². The fourth-order valence-electron chi connectivity index (χ4n) is 3.97. The number of aliphatic carboxylic acids is 1. The average molecular weight is 361 g/mol. The number of carboxylic acid groups (broad SMARTS) is 1. The van der Waals surface area contributed by atoms with Crippen molar-refractivity contribution in [2.24, 2.45) is 5.92 Å². The molecule has 1 fully saturated rings. The number of fused-ring (bicyclic) bond motifs is 1. The number of likely N-dealkylation sites (tertiary alicyclic amines) is 1. The van der Waals surface area contributed by atoms with Gasteiger partial charge in [-0.15, -0.1) is 0 Å². The second kappa shape index (κ2) is 7.45. The van der Waals surface area contributed by atoms with Crippen LogP contribution in [0.15, 0.2) is 54.9 Å². The van der Waals surface area contributed by atoms with Crippen LogP contribution >= 0.6 is 0 Å². The van der Waals surface area contributed by atoms with Crippen LogP contribution in [0.4, 0.5) is 0 Å². The molecule has 0 saturated carbocycles. The van der Waals surface area contributed by atoms with Gasteiger partial charge in [0.25, 0.3) is 0 Å². The predicted molar refractivity (Wildman–Crippen MR) is 104 cm³/mol. The standard InChI is InChI=1S/C22H23N3O2/c1-15-5-4-10-23-20(15)21(25-11-8-16(9-12-25)22(26)27)18-13-17-6-2-3-7-19(17)24-14-18/h2-7,10,13-14,16,21H,8-9,11-12H2,1H3,(H,26,27). The number of hydrogen-bond acceptors (Lipinski definition) is 4. The second-order valence-corrected chi connectivity index (χ2v) is 7.22. The average Bonchev–Trinajstić information content (AvgIpc) is 2.70. The highest BCUT2D eigenvalue weighted by atomic mass is 16.4.